The molecular weight excluding hydrogens is 388 g/mol. The van der Waals surface area contributed by atoms with Crippen LogP contribution in [0.25, 0.3) is 11.3 Å². The van der Waals surface area contributed by atoms with Gasteiger partial charge in [-0.1, -0.05) is 43.8 Å². The van der Waals surface area contributed by atoms with E-state index >= 15 is 0 Å². The number of carbonyl (C=O) groups excluding carboxylic acids is 1. The zero-order valence-corrected chi connectivity index (χ0v) is 17.6. The second-order valence-electron chi connectivity index (χ2n) is 7.28. The number of para-hydroxylation sites is 1. The Morgan fingerprint density at radius 1 is 1.21 bits per heavy atom. The summed E-state index contributed by atoms with van der Waals surface area (Å²) >= 11 is 1.53. The van der Waals surface area contributed by atoms with Gasteiger partial charge in [-0.05, 0) is 31.0 Å². The van der Waals surface area contributed by atoms with Crippen LogP contribution in [0.1, 0.15) is 38.5 Å². The summed E-state index contributed by atoms with van der Waals surface area (Å²) in [7, 11) is 0. The zero-order chi connectivity index (χ0) is 20.5. The molecule has 0 fully saturated rings. The first-order chi connectivity index (χ1) is 13.9. The van der Waals surface area contributed by atoms with Gasteiger partial charge in [0.15, 0.2) is 11.5 Å². The molecule has 29 heavy (non-hydrogen) atoms. The Morgan fingerprint density at radius 3 is 2.69 bits per heavy atom. The Bertz CT molecular complexity index is 1050. The molecule has 0 radical (unpaired) electrons. The van der Waals surface area contributed by atoms with Gasteiger partial charge < -0.3 is 9.15 Å². The van der Waals surface area contributed by atoms with E-state index in [9.17, 15) is 4.79 Å². The van der Waals surface area contributed by atoms with Crippen LogP contribution in [0.4, 0.5) is 5.69 Å². The maximum absolute atomic E-state index is 12.6. The summed E-state index contributed by atoms with van der Waals surface area (Å²) in [5.41, 5.74) is 1.92. The Labute approximate surface area is 173 Å². The number of thioether (sulfide) groups is 1. The van der Waals surface area contributed by atoms with E-state index in [1.165, 1.54) is 18.7 Å². The van der Waals surface area contributed by atoms with E-state index in [0.29, 0.717) is 34.1 Å². The molecule has 0 saturated carbocycles. The highest BCUT2D eigenvalue weighted by molar-refractivity contribution is 7.99. The van der Waals surface area contributed by atoms with Crippen LogP contribution in [0, 0.1) is 12.8 Å². The molecule has 1 atom stereocenters. The highest BCUT2D eigenvalue weighted by atomic mass is 32.2. The molecule has 1 aliphatic rings. The Kier molecular flexibility index (Phi) is 5.27. The zero-order valence-electron chi connectivity index (χ0n) is 16.7. The van der Waals surface area contributed by atoms with E-state index in [-0.39, 0.29) is 5.91 Å². The lowest BCUT2D eigenvalue weighted by atomic mass is 10.1. The molecule has 1 unspecified atom stereocenters. The van der Waals surface area contributed by atoms with Crippen molar-refractivity contribution in [2.45, 2.75) is 39.1 Å². The molecule has 0 N–H and O–H groups in total. The number of rotatable bonds is 4. The van der Waals surface area contributed by atoms with Crippen LogP contribution < -0.4 is 9.64 Å². The number of furan rings is 1. The summed E-state index contributed by atoms with van der Waals surface area (Å²) in [6.45, 7) is 7.62. The molecule has 1 amide bonds. The molecule has 0 spiro atoms. The van der Waals surface area contributed by atoms with Gasteiger partial charge in [0.2, 0.25) is 23.2 Å². The van der Waals surface area contributed by atoms with E-state index < -0.39 is 6.23 Å². The summed E-state index contributed by atoms with van der Waals surface area (Å²) in [6, 6.07) is 11.2. The number of amides is 1. The summed E-state index contributed by atoms with van der Waals surface area (Å²) in [5.74, 6) is 2.79. The quantitative estimate of drug-likeness (QED) is 0.580. The molecule has 3 heterocycles. The van der Waals surface area contributed by atoms with Crippen LogP contribution in [0.3, 0.4) is 0 Å². The SMILES string of the molecule is CC(=O)N1c2ccccc2-c2nnc(SCC(C)C)nc2OC1c1ccc(C)o1. The van der Waals surface area contributed by atoms with Crippen LogP contribution in [0.2, 0.25) is 0 Å². The van der Waals surface area contributed by atoms with Crippen molar-refractivity contribution in [1.82, 2.24) is 15.2 Å². The third kappa shape index (κ3) is 3.85. The van der Waals surface area contributed by atoms with Crippen LogP contribution in [-0.2, 0) is 4.79 Å². The fourth-order valence-electron chi connectivity index (χ4n) is 3.13. The van der Waals surface area contributed by atoms with E-state index in [1.54, 1.807) is 4.90 Å². The van der Waals surface area contributed by atoms with E-state index in [1.807, 2.05) is 43.3 Å². The molecule has 150 valence electrons. The van der Waals surface area contributed by atoms with Gasteiger partial charge in [0.1, 0.15) is 5.76 Å². The molecule has 1 aliphatic heterocycles. The molecular formula is C21H22N4O3S. The van der Waals surface area contributed by atoms with Gasteiger partial charge in [-0.15, -0.1) is 10.2 Å². The van der Waals surface area contributed by atoms with E-state index in [4.69, 9.17) is 9.15 Å². The predicted octanol–water partition coefficient (Wildman–Crippen LogP) is 4.63. The fourth-order valence-corrected chi connectivity index (χ4v) is 3.85. The number of hydrogen-bond donors (Lipinski definition) is 0. The minimum Gasteiger partial charge on any atom is -0.460 e. The molecule has 7 nitrogen and oxygen atoms in total. The Hall–Kier alpha value is -2.87. The number of nitrogens with zero attached hydrogens (tertiary/aromatic N) is 4. The van der Waals surface area contributed by atoms with Crippen molar-refractivity contribution in [3.63, 3.8) is 0 Å². The molecule has 0 saturated heterocycles. The number of hydrogen-bond acceptors (Lipinski definition) is 7. The molecule has 1 aromatic carbocycles. The lowest BCUT2D eigenvalue weighted by Gasteiger charge is -2.28. The molecule has 4 rings (SSSR count). The minimum atomic E-state index is -0.789. The van der Waals surface area contributed by atoms with Crippen molar-refractivity contribution in [2.75, 3.05) is 10.7 Å². The summed E-state index contributed by atoms with van der Waals surface area (Å²) < 4.78 is 12.1. The van der Waals surface area contributed by atoms with Crippen LogP contribution in [0.15, 0.2) is 46.0 Å². The number of aromatic nitrogens is 3. The fraction of sp³-hybridized carbons (Fsp3) is 0.333. The highest BCUT2D eigenvalue weighted by Crippen LogP contribution is 2.43. The van der Waals surface area contributed by atoms with Crippen LogP contribution >= 0.6 is 11.8 Å². The minimum absolute atomic E-state index is 0.174. The van der Waals surface area contributed by atoms with E-state index in [0.717, 1.165) is 17.1 Å². The summed E-state index contributed by atoms with van der Waals surface area (Å²) in [6.07, 6.45) is -0.789. The van der Waals surface area contributed by atoms with E-state index in [2.05, 4.69) is 29.0 Å². The standard InChI is InChI=1S/C21H22N4O3S/c1-12(2)11-29-21-22-19-18(23-24-21)15-7-5-6-8-16(15)25(14(4)26)20(28-19)17-10-9-13(3)27-17/h5-10,12,20H,11H2,1-4H3. The first-order valence-corrected chi connectivity index (χ1v) is 10.4. The normalized spacial score (nSPS) is 15.5. The highest BCUT2D eigenvalue weighted by Gasteiger charge is 2.36. The summed E-state index contributed by atoms with van der Waals surface area (Å²) in [4.78, 5) is 18.8. The largest absolute Gasteiger partial charge is 0.460 e. The average molecular weight is 410 g/mol. The van der Waals surface area contributed by atoms with Gasteiger partial charge >= 0.3 is 0 Å². The van der Waals surface area contributed by atoms with Gasteiger partial charge in [-0.3, -0.25) is 9.69 Å². The van der Waals surface area contributed by atoms with Crippen molar-refractivity contribution in [2.24, 2.45) is 5.92 Å². The molecule has 8 heteroatoms. The van der Waals surface area contributed by atoms with Crippen LogP contribution in [0.5, 0.6) is 5.88 Å². The average Bonchev–Trinajstić information content (AvgIpc) is 3.06. The Morgan fingerprint density at radius 2 is 2.00 bits per heavy atom. The number of ether oxygens (including phenoxy) is 1. The third-order valence-electron chi connectivity index (χ3n) is 4.40. The van der Waals surface area contributed by atoms with Gasteiger partial charge in [-0.2, -0.15) is 4.98 Å². The molecule has 2 aromatic heterocycles. The number of carbonyl (C=O) groups is 1. The monoisotopic (exact) mass is 410 g/mol. The third-order valence-corrected chi connectivity index (χ3v) is 5.67. The smallest absolute Gasteiger partial charge is 0.247 e. The molecule has 0 bridgehead atoms. The van der Waals surface area contributed by atoms with Gasteiger partial charge in [0.25, 0.3) is 0 Å². The number of fused-ring (bicyclic) bond motifs is 3. The lowest BCUT2D eigenvalue weighted by molar-refractivity contribution is -0.118. The number of benzene rings is 1. The second-order valence-corrected chi connectivity index (χ2v) is 8.26. The Balaban J connectivity index is 1.86. The lowest BCUT2D eigenvalue weighted by Crippen LogP contribution is -2.35. The van der Waals surface area contributed by atoms with Crippen molar-refractivity contribution >= 4 is 23.4 Å². The van der Waals surface area contributed by atoms with Crippen LogP contribution in [-0.4, -0.2) is 26.8 Å². The predicted molar refractivity (Wildman–Crippen MR) is 111 cm³/mol. The maximum atomic E-state index is 12.6. The van der Waals surface area contributed by atoms with Gasteiger partial charge in [-0.25, -0.2) is 0 Å². The molecule has 0 aliphatic carbocycles. The topological polar surface area (TPSA) is 81.4 Å². The first kappa shape index (κ1) is 19.4. The van der Waals surface area contributed by atoms with Crippen molar-refractivity contribution in [3.05, 3.63) is 47.9 Å². The van der Waals surface area contributed by atoms with Crippen molar-refractivity contribution in [3.8, 4) is 17.1 Å². The second kappa shape index (κ2) is 7.87. The maximum Gasteiger partial charge on any atom is 0.247 e. The van der Waals surface area contributed by atoms with Crippen molar-refractivity contribution in [1.29, 1.82) is 0 Å². The van der Waals surface area contributed by atoms with Gasteiger partial charge in [0.05, 0.1) is 5.69 Å². The van der Waals surface area contributed by atoms with Gasteiger partial charge in [0, 0.05) is 18.2 Å². The molecule has 3 aromatic rings. The number of anilines is 1. The summed E-state index contributed by atoms with van der Waals surface area (Å²) in [5, 5.41) is 9.21. The number of aryl methyl sites for hydroxylation is 1. The first-order valence-electron chi connectivity index (χ1n) is 9.43. The van der Waals surface area contributed by atoms with Crippen molar-refractivity contribution < 1.29 is 13.9 Å².